The summed E-state index contributed by atoms with van der Waals surface area (Å²) in [7, 11) is 0. The number of hydrogen-bond acceptors (Lipinski definition) is 1. The SMILES string of the molecule is CC.CC.CC1=CC(C)C=C2CNCCCC2=C1.CCC. The molecular weight excluding hydrogens is 254 g/mol. The fraction of sp³-hybridized carbons (Fsp3) is 0.700. The zero-order valence-electron chi connectivity index (χ0n) is 15.8. The van der Waals surface area contributed by atoms with Crippen molar-refractivity contribution in [1.82, 2.24) is 5.32 Å². The largest absolute Gasteiger partial charge is 0.313 e. The van der Waals surface area contributed by atoms with Crippen molar-refractivity contribution in [3.8, 4) is 0 Å². The number of rotatable bonds is 0. The highest BCUT2D eigenvalue weighted by atomic mass is 14.9. The second-order valence-electron chi connectivity index (χ2n) is 5.12. The van der Waals surface area contributed by atoms with Crippen LogP contribution in [-0.2, 0) is 0 Å². The third-order valence-corrected chi connectivity index (χ3v) is 2.92. The van der Waals surface area contributed by atoms with E-state index >= 15 is 0 Å². The fourth-order valence-corrected chi connectivity index (χ4v) is 2.33. The summed E-state index contributed by atoms with van der Waals surface area (Å²) >= 11 is 0. The Morgan fingerprint density at radius 2 is 1.62 bits per heavy atom. The molecule has 0 saturated carbocycles. The molecular formula is C20H39N. The van der Waals surface area contributed by atoms with Gasteiger partial charge in [0, 0.05) is 6.54 Å². The number of hydrogen-bond donors (Lipinski definition) is 1. The topological polar surface area (TPSA) is 12.0 Å². The number of nitrogens with one attached hydrogen (secondary N) is 1. The molecule has 0 aromatic rings. The van der Waals surface area contributed by atoms with E-state index < -0.39 is 0 Å². The Labute approximate surface area is 134 Å². The van der Waals surface area contributed by atoms with Crippen molar-refractivity contribution < 1.29 is 0 Å². The van der Waals surface area contributed by atoms with Crippen LogP contribution in [0.2, 0.25) is 0 Å². The molecule has 1 saturated heterocycles. The molecule has 1 aliphatic carbocycles. The molecule has 0 bridgehead atoms. The third kappa shape index (κ3) is 10.5. The average Bonchev–Trinajstić information content (AvgIpc) is 2.76. The molecule has 0 radical (unpaired) electrons. The summed E-state index contributed by atoms with van der Waals surface area (Å²) in [5, 5.41) is 3.48. The van der Waals surface area contributed by atoms with E-state index in [1.165, 1.54) is 30.4 Å². The Bertz CT molecular complexity index is 321. The zero-order chi connectivity index (χ0) is 16.7. The van der Waals surface area contributed by atoms with Crippen LogP contribution in [0, 0.1) is 5.92 Å². The van der Waals surface area contributed by atoms with E-state index in [2.05, 4.69) is 51.2 Å². The molecule has 0 aromatic carbocycles. The van der Waals surface area contributed by atoms with Crippen molar-refractivity contribution >= 4 is 0 Å². The van der Waals surface area contributed by atoms with Gasteiger partial charge in [0.1, 0.15) is 0 Å². The molecule has 1 unspecified atom stereocenters. The first-order valence-corrected chi connectivity index (χ1v) is 8.98. The molecule has 1 fully saturated rings. The van der Waals surface area contributed by atoms with E-state index in [-0.39, 0.29) is 0 Å². The lowest BCUT2D eigenvalue weighted by Crippen LogP contribution is -2.15. The van der Waals surface area contributed by atoms with Crippen LogP contribution in [0.5, 0.6) is 0 Å². The van der Waals surface area contributed by atoms with Crippen LogP contribution in [0.15, 0.2) is 34.9 Å². The lowest BCUT2D eigenvalue weighted by molar-refractivity contribution is 0.720. The standard InChI is InChI=1S/C13H19N.C3H8.2C2H6/c1-10-6-11(2)8-13-9-14-5-3-4-12(13)7-10;1-3-2;2*1-2/h6-8,11,14H,3-5,9H2,1-2H3;3H2,1-2H3;2*1-2H3. The lowest BCUT2D eigenvalue weighted by Gasteiger charge is -2.07. The molecule has 0 amide bonds. The van der Waals surface area contributed by atoms with Crippen molar-refractivity contribution in [2.75, 3.05) is 13.1 Å². The van der Waals surface area contributed by atoms with E-state index in [0.717, 1.165) is 13.1 Å². The molecule has 1 atom stereocenters. The molecule has 2 aliphatic rings. The van der Waals surface area contributed by atoms with Crippen molar-refractivity contribution in [3.05, 3.63) is 34.9 Å². The Hall–Kier alpha value is -0.820. The second kappa shape index (κ2) is 15.6. The maximum absolute atomic E-state index is 3.48. The van der Waals surface area contributed by atoms with Crippen molar-refractivity contribution in [3.63, 3.8) is 0 Å². The van der Waals surface area contributed by atoms with Crippen LogP contribution >= 0.6 is 0 Å². The molecule has 0 aromatic heterocycles. The zero-order valence-corrected chi connectivity index (χ0v) is 15.8. The van der Waals surface area contributed by atoms with Crippen LogP contribution in [0.3, 0.4) is 0 Å². The van der Waals surface area contributed by atoms with Crippen molar-refractivity contribution in [1.29, 1.82) is 0 Å². The first-order valence-electron chi connectivity index (χ1n) is 8.98. The second-order valence-corrected chi connectivity index (χ2v) is 5.12. The van der Waals surface area contributed by atoms with Crippen LogP contribution in [0.4, 0.5) is 0 Å². The summed E-state index contributed by atoms with van der Waals surface area (Å²) < 4.78 is 0. The normalized spacial score (nSPS) is 20.0. The van der Waals surface area contributed by atoms with Gasteiger partial charge in [-0.05, 0) is 43.4 Å². The number of allylic oxidation sites excluding steroid dienone is 4. The first-order chi connectivity index (χ1) is 10.2. The molecule has 124 valence electrons. The van der Waals surface area contributed by atoms with Gasteiger partial charge < -0.3 is 5.32 Å². The smallest absolute Gasteiger partial charge is 0.0205 e. The monoisotopic (exact) mass is 293 g/mol. The van der Waals surface area contributed by atoms with Crippen molar-refractivity contribution in [2.24, 2.45) is 5.92 Å². The molecule has 1 N–H and O–H groups in total. The minimum absolute atomic E-state index is 0.582. The molecule has 21 heavy (non-hydrogen) atoms. The van der Waals surface area contributed by atoms with Gasteiger partial charge in [-0.2, -0.15) is 0 Å². The van der Waals surface area contributed by atoms with E-state index in [1.807, 2.05) is 27.7 Å². The predicted octanol–water partition coefficient (Wildman–Crippen LogP) is 6.29. The first kappa shape index (κ1) is 22.5. The number of fused-ring (bicyclic) bond motifs is 1. The quantitative estimate of drug-likeness (QED) is 0.553. The Morgan fingerprint density at radius 3 is 2.19 bits per heavy atom. The molecule has 2 rings (SSSR count). The van der Waals surface area contributed by atoms with Crippen LogP contribution in [0.25, 0.3) is 0 Å². The highest BCUT2D eigenvalue weighted by Crippen LogP contribution is 2.25. The minimum atomic E-state index is 0.582. The van der Waals surface area contributed by atoms with Gasteiger partial charge in [0.15, 0.2) is 0 Å². The van der Waals surface area contributed by atoms with Gasteiger partial charge in [0.05, 0.1) is 0 Å². The maximum Gasteiger partial charge on any atom is 0.0205 e. The average molecular weight is 294 g/mol. The van der Waals surface area contributed by atoms with Gasteiger partial charge in [-0.25, -0.2) is 0 Å². The summed E-state index contributed by atoms with van der Waals surface area (Å²) in [6, 6.07) is 0. The highest BCUT2D eigenvalue weighted by molar-refractivity contribution is 5.41. The summed E-state index contributed by atoms with van der Waals surface area (Å²) in [6.45, 7) is 18.9. The summed E-state index contributed by atoms with van der Waals surface area (Å²) in [5.41, 5.74) is 4.48. The van der Waals surface area contributed by atoms with Crippen LogP contribution in [0.1, 0.15) is 74.7 Å². The molecule has 1 aliphatic heterocycles. The van der Waals surface area contributed by atoms with Gasteiger partial charge in [-0.15, -0.1) is 0 Å². The predicted molar refractivity (Wildman–Crippen MR) is 99.9 cm³/mol. The molecule has 1 heterocycles. The molecule has 1 heteroatoms. The van der Waals surface area contributed by atoms with E-state index in [0.29, 0.717) is 5.92 Å². The van der Waals surface area contributed by atoms with Crippen LogP contribution < -0.4 is 5.32 Å². The Kier molecular flexibility index (Phi) is 16.6. The van der Waals surface area contributed by atoms with Gasteiger partial charge in [0.25, 0.3) is 0 Å². The molecule has 0 spiro atoms. The minimum Gasteiger partial charge on any atom is -0.313 e. The van der Waals surface area contributed by atoms with Gasteiger partial charge in [-0.1, -0.05) is 78.7 Å². The third-order valence-electron chi connectivity index (χ3n) is 2.92. The van der Waals surface area contributed by atoms with E-state index in [9.17, 15) is 0 Å². The van der Waals surface area contributed by atoms with Gasteiger partial charge >= 0.3 is 0 Å². The van der Waals surface area contributed by atoms with Crippen molar-refractivity contribution in [2.45, 2.75) is 74.7 Å². The Balaban J connectivity index is 0. The summed E-state index contributed by atoms with van der Waals surface area (Å²) in [6.07, 6.45) is 10.9. The van der Waals surface area contributed by atoms with Gasteiger partial charge in [0.2, 0.25) is 0 Å². The summed E-state index contributed by atoms with van der Waals surface area (Å²) in [5.74, 6) is 0.582. The molecule has 1 nitrogen and oxygen atoms in total. The fourth-order valence-electron chi connectivity index (χ4n) is 2.33. The van der Waals surface area contributed by atoms with E-state index in [4.69, 9.17) is 0 Å². The van der Waals surface area contributed by atoms with E-state index in [1.54, 1.807) is 5.57 Å². The highest BCUT2D eigenvalue weighted by Gasteiger charge is 2.12. The van der Waals surface area contributed by atoms with Crippen LogP contribution in [-0.4, -0.2) is 13.1 Å². The lowest BCUT2D eigenvalue weighted by atomic mass is 10.0. The maximum atomic E-state index is 3.48. The Morgan fingerprint density at radius 1 is 1.05 bits per heavy atom. The summed E-state index contributed by atoms with van der Waals surface area (Å²) in [4.78, 5) is 0. The van der Waals surface area contributed by atoms with Gasteiger partial charge in [-0.3, -0.25) is 0 Å².